The lowest BCUT2D eigenvalue weighted by molar-refractivity contribution is 0.0615. The summed E-state index contributed by atoms with van der Waals surface area (Å²) in [4.78, 5) is 4.11. The van der Waals surface area contributed by atoms with Crippen LogP contribution in [0, 0.1) is 13.8 Å². The SMILES string of the molecule is [B]C1([B])Oc2cc(C)c(C3CCN(S(=O)(=O)c4cnc(C)n4C)CC3)cc2OC1([B])[B]. The Morgan fingerprint density at radius 3 is 2.10 bits per heavy atom. The molecule has 0 aliphatic carbocycles. The van der Waals surface area contributed by atoms with Crippen molar-refractivity contribution < 1.29 is 17.9 Å². The van der Waals surface area contributed by atoms with Crippen molar-refractivity contribution >= 4 is 41.4 Å². The molecule has 4 rings (SSSR count). The number of ether oxygens (including phenoxy) is 2. The van der Waals surface area contributed by atoms with Crippen LogP contribution in [0.3, 0.4) is 0 Å². The van der Waals surface area contributed by atoms with E-state index in [2.05, 4.69) is 4.98 Å². The number of piperidine rings is 1. The lowest BCUT2D eigenvalue weighted by atomic mass is 9.41. The number of imidazole rings is 1. The molecule has 0 unspecified atom stereocenters. The van der Waals surface area contributed by atoms with E-state index in [9.17, 15) is 8.42 Å². The molecule has 8 radical (unpaired) electrons. The molecule has 0 saturated carbocycles. The van der Waals surface area contributed by atoms with Crippen LogP contribution in [0.5, 0.6) is 11.5 Å². The fourth-order valence-electron chi connectivity index (χ4n) is 4.06. The Morgan fingerprint density at radius 2 is 1.58 bits per heavy atom. The molecule has 0 spiro atoms. The van der Waals surface area contributed by atoms with E-state index in [-0.39, 0.29) is 10.9 Å². The summed E-state index contributed by atoms with van der Waals surface area (Å²) in [5, 5.41) is -3.57. The van der Waals surface area contributed by atoms with E-state index >= 15 is 0 Å². The van der Waals surface area contributed by atoms with Gasteiger partial charge in [0.1, 0.15) is 37.2 Å². The molecule has 1 aromatic carbocycles. The largest absolute Gasteiger partial charge is 0.501 e. The van der Waals surface area contributed by atoms with Crippen LogP contribution in [0.25, 0.3) is 0 Å². The maximum absolute atomic E-state index is 13.0. The summed E-state index contributed by atoms with van der Waals surface area (Å²) in [6.07, 6.45) is 2.72. The Kier molecular flexibility index (Phi) is 5.33. The normalized spacial score (nSPS) is 21.1. The maximum atomic E-state index is 13.0. The molecule has 12 heteroatoms. The fourth-order valence-corrected chi connectivity index (χ4v) is 5.68. The molecule has 1 aromatic heterocycles. The highest BCUT2D eigenvalue weighted by Gasteiger charge is 2.43. The van der Waals surface area contributed by atoms with Crippen LogP contribution in [0.1, 0.15) is 35.7 Å². The van der Waals surface area contributed by atoms with Crippen molar-refractivity contribution in [2.24, 2.45) is 7.05 Å². The Labute approximate surface area is 188 Å². The molecular formula is C19H21B4N3O4S. The Hall–Kier alpha value is -1.80. The van der Waals surface area contributed by atoms with E-state index < -0.39 is 20.8 Å². The van der Waals surface area contributed by atoms with E-state index in [0.717, 1.165) is 11.1 Å². The Balaban J connectivity index is 1.54. The highest BCUT2D eigenvalue weighted by Crippen LogP contribution is 2.43. The molecule has 154 valence electrons. The predicted molar refractivity (Wildman–Crippen MR) is 120 cm³/mol. The second-order valence-electron chi connectivity index (χ2n) is 8.33. The van der Waals surface area contributed by atoms with Crippen LogP contribution < -0.4 is 9.47 Å². The molecule has 1 saturated heterocycles. The number of hydrogen-bond donors (Lipinski definition) is 0. The summed E-state index contributed by atoms with van der Waals surface area (Å²) in [5.74, 6) is 1.51. The van der Waals surface area contributed by atoms with Crippen LogP contribution in [0.15, 0.2) is 23.4 Å². The van der Waals surface area contributed by atoms with E-state index in [1.807, 2.05) is 13.0 Å². The highest BCUT2D eigenvalue weighted by atomic mass is 32.2. The number of hydrogen-bond acceptors (Lipinski definition) is 5. The minimum atomic E-state index is -3.60. The molecule has 2 aliphatic heterocycles. The van der Waals surface area contributed by atoms with Crippen molar-refractivity contribution in [3.63, 3.8) is 0 Å². The molecule has 2 aliphatic rings. The molecule has 31 heavy (non-hydrogen) atoms. The second-order valence-corrected chi connectivity index (χ2v) is 10.2. The molecule has 0 atom stereocenters. The van der Waals surface area contributed by atoms with E-state index in [0.29, 0.717) is 43.3 Å². The number of aromatic nitrogens is 2. The molecule has 3 heterocycles. The zero-order valence-electron chi connectivity index (χ0n) is 17.8. The highest BCUT2D eigenvalue weighted by molar-refractivity contribution is 7.89. The van der Waals surface area contributed by atoms with Gasteiger partial charge in [0.15, 0.2) is 16.5 Å². The van der Waals surface area contributed by atoms with Crippen molar-refractivity contribution in [3.8, 4) is 11.5 Å². The zero-order chi connectivity index (χ0) is 22.8. The van der Waals surface area contributed by atoms with E-state index in [1.54, 1.807) is 24.6 Å². The van der Waals surface area contributed by atoms with Gasteiger partial charge >= 0.3 is 0 Å². The summed E-state index contributed by atoms with van der Waals surface area (Å²) in [6, 6.07) is 3.61. The van der Waals surface area contributed by atoms with Crippen molar-refractivity contribution in [2.75, 3.05) is 13.1 Å². The quantitative estimate of drug-likeness (QED) is 0.657. The Morgan fingerprint density at radius 1 is 1.03 bits per heavy atom. The topological polar surface area (TPSA) is 73.7 Å². The molecule has 2 aromatic rings. The lowest BCUT2D eigenvalue weighted by Crippen LogP contribution is -2.65. The summed E-state index contributed by atoms with van der Waals surface area (Å²) < 4.78 is 40.4. The van der Waals surface area contributed by atoms with E-state index in [1.165, 1.54) is 10.5 Å². The fraction of sp³-hybridized carbons (Fsp3) is 0.526. The van der Waals surface area contributed by atoms with Gasteiger partial charge in [0, 0.05) is 30.9 Å². The number of sulfonamides is 1. The van der Waals surface area contributed by atoms with Gasteiger partial charge in [-0.3, -0.25) is 0 Å². The summed E-state index contributed by atoms with van der Waals surface area (Å²) in [5.41, 5.74) is 1.98. The van der Waals surface area contributed by atoms with Crippen molar-refractivity contribution in [1.29, 1.82) is 0 Å². The standard InChI is InChI=1S/C19H21B4N3O4S/c1-11-8-15-16(30-19(22,23)18(20,21)29-15)9-14(11)13-4-6-26(7-5-13)31(27,28)17-10-24-12(2)25(17)3/h8-10,13H,4-7H2,1-3H3. The van der Waals surface area contributed by atoms with Crippen molar-refractivity contribution in [2.45, 2.75) is 48.4 Å². The first-order valence-electron chi connectivity index (χ1n) is 10.00. The van der Waals surface area contributed by atoms with Crippen LogP contribution >= 0.6 is 0 Å². The van der Waals surface area contributed by atoms with Crippen LogP contribution in [0.2, 0.25) is 0 Å². The van der Waals surface area contributed by atoms with Gasteiger partial charge in [-0.25, -0.2) is 13.4 Å². The van der Waals surface area contributed by atoms with Crippen LogP contribution in [0.4, 0.5) is 0 Å². The van der Waals surface area contributed by atoms with Crippen molar-refractivity contribution in [3.05, 3.63) is 35.3 Å². The minimum absolute atomic E-state index is 0.140. The predicted octanol–water partition coefficient (Wildman–Crippen LogP) is 0.358. The van der Waals surface area contributed by atoms with Crippen molar-refractivity contribution in [1.82, 2.24) is 13.9 Å². The number of fused-ring (bicyclic) bond motifs is 1. The average Bonchev–Trinajstić information content (AvgIpc) is 3.02. The first-order chi connectivity index (χ1) is 14.3. The molecular weight excluding hydrogens is 410 g/mol. The van der Waals surface area contributed by atoms with Gasteiger partial charge in [-0.2, -0.15) is 4.31 Å². The molecule has 0 amide bonds. The monoisotopic (exact) mass is 431 g/mol. The van der Waals surface area contributed by atoms with Crippen LogP contribution in [-0.4, -0.2) is 77.5 Å². The third-order valence-corrected chi connectivity index (χ3v) is 8.13. The smallest absolute Gasteiger partial charge is 0.260 e. The van der Waals surface area contributed by atoms with Gasteiger partial charge in [0.2, 0.25) is 0 Å². The first kappa shape index (κ1) is 22.4. The maximum Gasteiger partial charge on any atom is 0.260 e. The van der Waals surface area contributed by atoms with Gasteiger partial charge in [-0.05, 0) is 55.9 Å². The molecule has 1 fully saturated rings. The van der Waals surface area contributed by atoms with Crippen LogP contribution in [-0.2, 0) is 17.1 Å². The lowest BCUT2D eigenvalue weighted by Gasteiger charge is -2.49. The number of rotatable bonds is 3. The zero-order valence-corrected chi connectivity index (χ0v) is 18.6. The van der Waals surface area contributed by atoms with E-state index in [4.69, 9.17) is 40.9 Å². The van der Waals surface area contributed by atoms with Gasteiger partial charge < -0.3 is 14.0 Å². The third kappa shape index (κ3) is 3.71. The molecule has 7 nitrogen and oxygen atoms in total. The third-order valence-electron chi connectivity index (χ3n) is 6.18. The van der Waals surface area contributed by atoms with Gasteiger partial charge in [0.05, 0.1) is 6.20 Å². The number of benzene rings is 1. The first-order valence-corrected chi connectivity index (χ1v) is 11.4. The van der Waals surface area contributed by atoms with Gasteiger partial charge in [-0.15, -0.1) is 0 Å². The Bertz CT molecular complexity index is 1130. The summed E-state index contributed by atoms with van der Waals surface area (Å²) in [6.45, 7) is 4.52. The second kappa shape index (κ2) is 7.37. The minimum Gasteiger partial charge on any atom is -0.501 e. The average molecular weight is 431 g/mol. The summed E-state index contributed by atoms with van der Waals surface area (Å²) >= 11 is 0. The molecule has 0 N–H and O–H groups in total. The van der Waals surface area contributed by atoms with Gasteiger partial charge in [-0.1, -0.05) is 0 Å². The summed E-state index contributed by atoms with van der Waals surface area (Å²) in [7, 11) is 21.5. The number of aryl methyl sites for hydroxylation is 2. The number of nitrogens with zero attached hydrogens (tertiary/aromatic N) is 3. The molecule has 0 bridgehead atoms. The van der Waals surface area contributed by atoms with Gasteiger partial charge in [0.25, 0.3) is 10.0 Å².